The Labute approximate surface area is 431 Å². The van der Waals surface area contributed by atoms with Crippen molar-refractivity contribution in [2.45, 2.75) is 325 Å². The molecule has 0 aromatic heterocycles. The summed E-state index contributed by atoms with van der Waals surface area (Å²) >= 11 is 0. The van der Waals surface area contributed by atoms with E-state index in [1.54, 1.807) is 0 Å². The Kier molecular flexibility index (Phi) is 40.7. The zero-order chi connectivity index (χ0) is 51.7. The van der Waals surface area contributed by atoms with Gasteiger partial charge in [0.15, 0.2) is 12.6 Å². The first kappa shape index (κ1) is 65.8. The molecule has 2 heterocycles. The van der Waals surface area contributed by atoms with Crippen LogP contribution in [0.3, 0.4) is 0 Å². The maximum Gasteiger partial charge on any atom is 0.220 e. The lowest BCUT2D eigenvalue weighted by molar-refractivity contribution is -0.359. The van der Waals surface area contributed by atoms with E-state index in [9.17, 15) is 45.6 Å². The Bertz CT molecular complexity index is 1240. The summed E-state index contributed by atoms with van der Waals surface area (Å²) in [5, 5.41) is 87.2. The highest BCUT2D eigenvalue weighted by atomic mass is 16.7. The van der Waals surface area contributed by atoms with Gasteiger partial charge in [-0.1, -0.05) is 219 Å². The van der Waals surface area contributed by atoms with Crippen LogP contribution in [0, 0.1) is 0 Å². The van der Waals surface area contributed by atoms with Crippen molar-refractivity contribution >= 4 is 5.91 Å². The van der Waals surface area contributed by atoms with Gasteiger partial charge >= 0.3 is 0 Å². The molecule has 1 amide bonds. The first-order valence-corrected chi connectivity index (χ1v) is 29.4. The number of ether oxygens (including phenoxy) is 4. The third-order valence-electron chi connectivity index (χ3n) is 14.7. The third kappa shape index (κ3) is 30.2. The first-order valence-electron chi connectivity index (χ1n) is 29.4. The minimum absolute atomic E-state index is 0.206. The van der Waals surface area contributed by atoms with E-state index >= 15 is 0 Å². The lowest BCUT2D eigenvalue weighted by Gasteiger charge is -2.46. The number of amides is 1. The van der Waals surface area contributed by atoms with Crippen LogP contribution >= 0.6 is 0 Å². The zero-order valence-electron chi connectivity index (χ0n) is 45.0. The molecule has 12 unspecified atom stereocenters. The summed E-state index contributed by atoms with van der Waals surface area (Å²) < 4.78 is 22.8. The van der Waals surface area contributed by atoms with Crippen LogP contribution < -0.4 is 5.32 Å². The molecule has 2 fully saturated rings. The number of nitrogens with one attached hydrogen (secondary N) is 1. The van der Waals surface area contributed by atoms with Crippen molar-refractivity contribution < 1.29 is 64.6 Å². The molecule has 2 saturated heterocycles. The number of rotatable bonds is 47. The van der Waals surface area contributed by atoms with Crippen molar-refractivity contribution in [3.63, 3.8) is 0 Å². The predicted octanol–water partition coefficient (Wildman–Crippen LogP) is 9.50. The fourth-order valence-corrected chi connectivity index (χ4v) is 9.94. The fraction of sp³-hybridized carbons (Fsp3) is 0.947. The second kappa shape index (κ2) is 43.9. The molecule has 2 aliphatic rings. The molecule has 0 radical (unpaired) electrons. The van der Waals surface area contributed by atoms with E-state index in [0.29, 0.717) is 12.8 Å². The van der Waals surface area contributed by atoms with E-state index in [2.05, 4.69) is 31.3 Å². The normalized spacial score (nSPS) is 25.8. The summed E-state index contributed by atoms with van der Waals surface area (Å²) in [6.45, 7) is 2.88. The Balaban J connectivity index is 1.76. The average molecular weight is 1020 g/mol. The van der Waals surface area contributed by atoms with Crippen LogP contribution in [-0.4, -0.2) is 140 Å². The van der Waals surface area contributed by atoms with Crippen LogP contribution in [0.2, 0.25) is 0 Å². The van der Waals surface area contributed by atoms with Gasteiger partial charge in [-0.05, 0) is 38.5 Å². The lowest BCUT2D eigenvalue weighted by atomic mass is 9.97. The number of carbonyl (C=O) groups is 1. The third-order valence-corrected chi connectivity index (χ3v) is 14.7. The number of carbonyl (C=O) groups excluding carboxylic acids is 1. The van der Waals surface area contributed by atoms with Crippen molar-refractivity contribution in [2.75, 3.05) is 19.8 Å². The molecule has 12 atom stereocenters. The molecule has 0 bridgehead atoms. The molecule has 0 aliphatic carbocycles. The number of hydrogen-bond donors (Lipinski definition) is 9. The topological polar surface area (TPSA) is 228 Å². The van der Waals surface area contributed by atoms with Gasteiger partial charge in [-0.2, -0.15) is 0 Å². The van der Waals surface area contributed by atoms with Gasteiger partial charge in [0.1, 0.15) is 48.8 Å². The van der Waals surface area contributed by atoms with Crippen molar-refractivity contribution in [1.29, 1.82) is 0 Å². The zero-order valence-corrected chi connectivity index (χ0v) is 45.0. The van der Waals surface area contributed by atoms with Crippen LogP contribution in [-0.2, 0) is 23.7 Å². The monoisotopic (exact) mass is 1020 g/mol. The highest BCUT2D eigenvalue weighted by molar-refractivity contribution is 5.76. The molecule has 9 N–H and O–H groups in total. The van der Waals surface area contributed by atoms with Crippen molar-refractivity contribution in [2.24, 2.45) is 0 Å². The minimum atomic E-state index is -1.78. The quantitative estimate of drug-likeness (QED) is 0.0205. The summed E-state index contributed by atoms with van der Waals surface area (Å²) in [4.78, 5) is 13.3. The van der Waals surface area contributed by atoms with E-state index in [1.165, 1.54) is 173 Å². The van der Waals surface area contributed by atoms with Gasteiger partial charge in [0, 0.05) is 6.42 Å². The van der Waals surface area contributed by atoms with Crippen LogP contribution in [0.25, 0.3) is 0 Å². The van der Waals surface area contributed by atoms with Gasteiger partial charge in [-0.3, -0.25) is 4.79 Å². The number of allylic oxidation sites excluding steroid dienone is 2. The molecular formula is C57H109NO13. The van der Waals surface area contributed by atoms with E-state index in [4.69, 9.17) is 18.9 Å². The van der Waals surface area contributed by atoms with E-state index in [-0.39, 0.29) is 12.5 Å². The molecule has 0 aromatic carbocycles. The lowest BCUT2D eigenvalue weighted by Crippen LogP contribution is -2.65. The second-order valence-electron chi connectivity index (χ2n) is 21.1. The maximum absolute atomic E-state index is 13.3. The highest BCUT2D eigenvalue weighted by Crippen LogP contribution is 2.30. The smallest absolute Gasteiger partial charge is 0.220 e. The predicted molar refractivity (Wildman–Crippen MR) is 282 cm³/mol. The van der Waals surface area contributed by atoms with Crippen LogP contribution in [0.15, 0.2) is 12.2 Å². The highest BCUT2D eigenvalue weighted by Gasteiger charge is 2.51. The molecule has 420 valence electrons. The number of aliphatic hydroxyl groups is 8. The Morgan fingerprint density at radius 2 is 0.887 bits per heavy atom. The second-order valence-corrected chi connectivity index (χ2v) is 21.1. The molecule has 14 nitrogen and oxygen atoms in total. The molecule has 0 aromatic rings. The summed E-state index contributed by atoms with van der Waals surface area (Å²) in [7, 11) is 0. The maximum atomic E-state index is 13.3. The summed E-state index contributed by atoms with van der Waals surface area (Å²) in [6, 6.07) is -0.826. The molecule has 2 rings (SSSR count). The molecule has 0 spiro atoms. The molecular weight excluding hydrogens is 907 g/mol. The van der Waals surface area contributed by atoms with Gasteiger partial charge in [-0.25, -0.2) is 0 Å². The van der Waals surface area contributed by atoms with Crippen LogP contribution in [0.1, 0.15) is 251 Å². The van der Waals surface area contributed by atoms with Crippen molar-refractivity contribution in [3.05, 3.63) is 12.2 Å². The molecule has 0 saturated carbocycles. The van der Waals surface area contributed by atoms with Crippen molar-refractivity contribution in [3.8, 4) is 0 Å². The first-order chi connectivity index (χ1) is 34.6. The number of unbranched alkanes of at least 4 members (excludes halogenated alkanes) is 32. The standard InChI is InChI=1S/C57H109NO13/c1-3-5-7-9-11-13-15-17-19-21-22-23-24-25-27-29-31-33-35-37-39-41-49(62)58-45(46(61)40-38-36-34-32-30-28-26-20-18-16-14-12-10-8-6-4-2)44-68-56-54(67)52(65)55(48(43-60)70-56)71-57-53(66)51(64)50(63)47(42-59)69-57/h21-22,45-48,50-57,59-61,63-67H,3-20,23-44H2,1-2H3,(H,58,62)/b22-21-. The largest absolute Gasteiger partial charge is 0.394 e. The van der Waals surface area contributed by atoms with Gasteiger partial charge < -0.3 is 65.1 Å². The van der Waals surface area contributed by atoms with E-state index < -0.39 is 86.8 Å². The van der Waals surface area contributed by atoms with Crippen molar-refractivity contribution in [1.82, 2.24) is 5.32 Å². The SMILES string of the molecule is CCCCCCCCCC/C=C\CCCCCCCCCCCC(=O)NC(COC1OC(CO)C(OC2OC(CO)C(O)C(O)C2O)C(O)C1O)C(O)CCCCCCCCCCCCCCCCCC. The number of hydrogen-bond acceptors (Lipinski definition) is 13. The molecule has 2 aliphatic heterocycles. The van der Waals surface area contributed by atoms with Crippen LogP contribution in [0.4, 0.5) is 0 Å². The number of aliphatic hydroxyl groups excluding tert-OH is 8. The van der Waals surface area contributed by atoms with Gasteiger partial charge in [0.2, 0.25) is 5.91 Å². The summed E-state index contributed by atoms with van der Waals surface area (Å²) in [5.74, 6) is -0.206. The van der Waals surface area contributed by atoms with Gasteiger partial charge in [0.05, 0.1) is 32.0 Å². The van der Waals surface area contributed by atoms with E-state index in [1.807, 2.05) is 0 Å². The van der Waals surface area contributed by atoms with Crippen LogP contribution in [0.5, 0.6) is 0 Å². The fourth-order valence-electron chi connectivity index (χ4n) is 9.94. The minimum Gasteiger partial charge on any atom is -0.394 e. The Morgan fingerprint density at radius 3 is 1.34 bits per heavy atom. The Morgan fingerprint density at radius 1 is 0.493 bits per heavy atom. The van der Waals surface area contributed by atoms with Gasteiger partial charge in [-0.15, -0.1) is 0 Å². The molecule has 14 heteroatoms. The Hall–Kier alpha value is -1.27. The average Bonchev–Trinajstić information content (AvgIpc) is 3.37. The van der Waals surface area contributed by atoms with Gasteiger partial charge in [0.25, 0.3) is 0 Å². The summed E-state index contributed by atoms with van der Waals surface area (Å²) in [6.07, 6.45) is 32.0. The summed E-state index contributed by atoms with van der Waals surface area (Å²) in [5.41, 5.74) is 0. The molecule has 71 heavy (non-hydrogen) atoms. The van der Waals surface area contributed by atoms with E-state index in [0.717, 1.165) is 51.4 Å².